The lowest BCUT2D eigenvalue weighted by molar-refractivity contribution is 0.0383. The maximum atomic E-state index is 12.4. The van der Waals surface area contributed by atoms with E-state index in [0.717, 1.165) is 44.2 Å². The minimum atomic E-state index is -0.196. The van der Waals surface area contributed by atoms with Crippen molar-refractivity contribution in [2.24, 2.45) is 0 Å². The average Bonchev–Trinajstić information content (AvgIpc) is 2.75. The van der Waals surface area contributed by atoms with Crippen molar-refractivity contribution < 1.29 is 19.0 Å². The van der Waals surface area contributed by atoms with E-state index >= 15 is 0 Å². The second-order valence-corrected chi connectivity index (χ2v) is 6.33. The molecule has 1 aliphatic heterocycles. The Kier molecular flexibility index (Phi) is 7.05. The predicted octanol–water partition coefficient (Wildman–Crippen LogP) is 1.90. The van der Waals surface area contributed by atoms with Gasteiger partial charge in [0.25, 0.3) is 5.91 Å². The number of rotatable bonds is 8. The van der Waals surface area contributed by atoms with Crippen LogP contribution in [0.15, 0.2) is 36.5 Å². The van der Waals surface area contributed by atoms with Crippen molar-refractivity contribution in [3.63, 3.8) is 0 Å². The molecule has 0 saturated carbocycles. The molecule has 2 aromatic rings. The van der Waals surface area contributed by atoms with Gasteiger partial charge in [0, 0.05) is 44.1 Å². The number of benzene rings is 1. The predicted molar refractivity (Wildman–Crippen MR) is 107 cm³/mol. The van der Waals surface area contributed by atoms with Crippen LogP contribution in [0.2, 0.25) is 0 Å². The fraction of sp³-hybridized carbons (Fsp3) is 0.400. The molecule has 0 spiro atoms. The standard InChI is InChI=1S/C20H26N4O4/c1-26-16-3-4-17(19(14-16)27-2)23-15-5-6-21-18(13-15)20(25)22-7-8-24-9-11-28-12-10-24/h3-6,13-14H,7-12H2,1-2H3,(H,21,23)(H,22,25). The first-order valence-corrected chi connectivity index (χ1v) is 9.23. The molecular weight excluding hydrogens is 360 g/mol. The van der Waals surface area contributed by atoms with Gasteiger partial charge in [-0.1, -0.05) is 0 Å². The lowest BCUT2D eigenvalue weighted by Crippen LogP contribution is -2.41. The zero-order valence-corrected chi connectivity index (χ0v) is 16.2. The van der Waals surface area contributed by atoms with E-state index in [-0.39, 0.29) is 5.91 Å². The first kappa shape index (κ1) is 19.9. The second-order valence-electron chi connectivity index (χ2n) is 6.33. The first-order valence-electron chi connectivity index (χ1n) is 9.23. The Labute approximate surface area is 164 Å². The summed E-state index contributed by atoms with van der Waals surface area (Å²) in [4.78, 5) is 18.9. The molecule has 0 bridgehead atoms. The molecule has 1 saturated heterocycles. The van der Waals surface area contributed by atoms with E-state index < -0.39 is 0 Å². The van der Waals surface area contributed by atoms with Crippen molar-refractivity contribution in [1.29, 1.82) is 0 Å². The number of nitrogens with zero attached hydrogens (tertiary/aromatic N) is 2. The normalized spacial score (nSPS) is 14.4. The number of methoxy groups -OCH3 is 2. The number of hydrogen-bond acceptors (Lipinski definition) is 7. The monoisotopic (exact) mass is 386 g/mol. The Balaban J connectivity index is 1.59. The Hall–Kier alpha value is -2.84. The number of carbonyl (C=O) groups excluding carboxylic acids is 1. The third kappa shape index (κ3) is 5.34. The van der Waals surface area contributed by atoms with Gasteiger partial charge in [0.2, 0.25) is 0 Å². The van der Waals surface area contributed by atoms with E-state index in [0.29, 0.717) is 23.7 Å². The molecule has 2 heterocycles. The van der Waals surface area contributed by atoms with Crippen molar-refractivity contribution in [2.45, 2.75) is 0 Å². The molecule has 1 aromatic heterocycles. The van der Waals surface area contributed by atoms with Gasteiger partial charge in [-0.05, 0) is 24.3 Å². The fourth-order valence-electron chi connectivity index (χ4n) is 2.93. The van der Waals surface area contributed by atoms with Crippen molar-refractivity contribution in [3.05, 3.63) is 42.2 Å². The van der Waals surface area contributed by atoms with Crippen molar-refractivity contribution in [3.8, 4) is 11.5 Å². The molecule has 1 aromatic carbocycles. The van der Waals surface area contributed by atoms with E-state index in [1.165, 1.54) is 0 Å². The summed E-state index contributed by atoms with van der Waals surface area (Å²) >= 11 is 0. The summed E-state index contributed by atoms with van der Waals surface area (Å²) in [6.07, 6.45) is 1.61. The fourth-order valence-corrected chi connectivity index (χ4v) is 2.93. The molecule has 1 amide bonds. The maximum Gasteiger partial charge on any atom is 0.269 e. The highest BCUT2D eigenvalue weighted by Crippen LogP contribution is 2.31. The quantitative estimate of drug-likeness (QED) is 0.717. The molecule has 3 rings (SSSR count). The van der Waals surface area contributed by atoms with Gasteiger partial charge < -0.3 is 24.8 Å². The molecule has 2 N–H and O–H groups in total. The maximum absolute atomic E-state index is 12.4. The number of pyridine rings is 1. The van der Waals surface area contributed by atoms with Crippen LogP contribution in [0.4, 0.5) is 11.4 Å². The minimum absolute atomic E-state index is 0.196. The number of anilines is 2. The summed E-state index contributed by atoms with van der Waals surface area (Å²) in [6.45, 7) is 4.67. The molecule has 1 fully saturated rings. The summed E-state index contributed by atoms with van der Waals surface area (Å²) in [5, 5.41) is 6.18. The molecule has 8 nitrogen and oxygen atoms in total. The van der Waals surface area contributed by atoms with E-state index in [4.69, 9.17) is 14.2 Å². The van der Waals surface area contributed by atoms with Gasteiger partial charge in [-0.3, -0.25) is 14.7 Å². The summed E-state index contributed by atoms with van der Waals surface area (Å²) in [5.74, 6) is 1.16. The van der Waals surface area contributed by atoms with Crippen LogP contribution in [0.1, 0.15) is 10.5 Å². The molecule has 0 atom stereocenters. The van der Waals surface area contributed by atoms with E-state index in [1.54, 1.807) is 38.6 Å². The summed E-state index contributed by atoms with van der Waals surface area (Å²) in [5.41, 5.74) is 1.88. The zero-order valence-electron chi connectivity index (χ0n) is 16.2. The molecule has 0 unspecified atom stereocenters. The molecule has 1 aliphatic rings. The number of aromatic nitrogens is 1. The van der Waals surface area contributed by atoms with Gasteiger partial charge in [0.1, 0.15) is 17.2 Å². The minimum Gasteiger partial charge on any atom is -0.497 e. The lowest BCUT2D eigenvalue weighted by atomic mass is 10.2. The van der Waals surface area contributed by atoms with E-state index in [1.807, 2.05) is 12.1 Å². The average molecular weight is 386 g/mol. The number of hydrogen-bond donors (Lipinski definition) is 2. The van der Waals surface area contributed by atoms with Gasteiger partial charge in [0.15, 0.2) is 0 Å². The molecule has 8 heteroatoms. The zero-order chi connectivity index (χ0) is 19.8. The van der Waals surface area contributed by atoms with Crippen LogP contribution in [0.25, 0.3) is 0 Å². The van der Waals surface area contributed by atoms with Crippen LogP contribution in [0.3, 0.4) is 0 Å². The Morgan fingerprint density at radius 1 is 1.18 bits per heavy atom. The van der Waals surface area contributed by atoms with Gasteiger partial charge >= 0.3 is 0 Å². The smallest absolute Gasteiger partial charge is 0.269 e. The lowest BCUT2D eigenvalue weighted by Gasteiger charge is -2.26. The van der Waals surface area contributed by atoms with Crippen LogP contribution in [0, 0.1) is 0 Å². The highest BCUT2D eigenvalue weighted by molar-refractivity contribution is 5.93. The van der Waals surface area contributed by atoms with Crippen LogP contribution in [-0.4, -0.2) is 69.4 Å². The van der Waals surface area contributed by atoms with Gasteiger partial charge in [0.05, 0.1) is 33.1 Å². The number of ether oxygens (including phenoxy) is 3. The number of nitrogens with one attached hydrogen (secondary N) is 2. The Morgan fingerprint density at radius 3 is 2.75 bits per heavy atom. The molecule has 0 aliphatic carbocycles. The van der Waals surface area contributed by atoms with Gasteiger partial charge in [-0.2, -0.15) is 0 Å². The number of amides is 1. The third-order valence-electron chi connectivity index (χ3n) is 4.50. The van der Waals surface area contributed by atoms with Gasteiger partial charge in [-0.25, -0.2) is 0 Å². The molecule has 0 radical (unpaired) electrons. The highest BCUT2D eigenvalue weighted by Gasteiger charge is 2.12. The van der Waals surface area contributed by atoms with Crippen molar-refractivity contribution >= 4 is 17.3 Å². The summed E-state index contributed by atoms with van der Waals surface area (Å²) in [6, 6.07) is 9.01. The van der Waals surface area contributed by atoms with E-state index in [2.05, 4.69) is 20.5 Å². The van der Waals surface area contributed by atoms with Crippen LogP contribution < -0.4 is 20.1 Å². The van der Waals surface area contributed by atoms with Crippen LogP contribution >= 0.6 is 0 Å². The van der Waals surface area contributed by atoms with E-state index in [9.17, 15) is 4.79 Å². The molecule has 150 valence electrons. The van der Waals surface area contributed by atoms with Crippen molar-refractivity contribution in [1.82, 2.24) is 15.2 Å². The van der Waals surface area contributed by atoms with Crippen LogP contribution in [0.5, 0.6) is 11.5 Å². The second kappa shape index (κ2) is 9.91. The van der Waals surface area contributed by atoms with Crippen molar-refractivity contribution in [2.75, 3.05) is 58.9 Å². The number of morpholine rings is 1. The molecular formula is C20H26N4O4. The summed E-state index contributed by atoms with van der Waals surface area (Å²) in [7, 11) is 3.20. The highest BCUT2D eigenvalue weighted by atomic mass is 16.5. The Bertz CT molecular complexity index is 794. The molecule has 28 heavy (non-hydrogen) atoms. The number of carbonyl (C=O) groups is 1. The third-order valence-corrected chi connectivity index (χ3v) is 4.50. The largest absolute Gasteiger partial charge is 0.497 e. The topological polar surface area (TPSA) is 85.0 Å². The SMILES string of the molecule is COc1ccc(Nc2ccnc(C(=O)NCCN3CCOCC3)c2)c(OC)c1. The van der Waals surface area contributed by atoms with Crippen LogP contribution in [-0.2, 0) is 4.74 Å². The van der Waals surface area contributed by atoms with Gasteiger partial charge in [-0.15, -0.1) is 0 Å². The first-order chi connectivity index (χ1) is 13.7. The Morgan fingerprint density at radius 2 is 2.00 bits per heavy atom. The summed E-state index contributed by atoms with van der Waals surface area (Å²) < 4.78 is 15.9.